The summed E-state index contributed by atoms with van der Waals surface area (Å²) in [5.41, 5.74) is 8.62. The molecule has 0 bridgehead atoms. The van der Waals surface area contributed by atoms with Crippen molar-refractivity contribution in [1.82, 2.24) is 0 Å². The van der Waals surface area contributed by atoms with Crippen LogP contribution in [0.2, 0.25) is 0 Å². The Kier molecular flexibility index (Phi) is 14.0. The predicted octanol–water partition coefficient (Wildman–Crippen LogP) is 8.37. The first-order valence-electron chi connectivity index (χ1n) is 23.1. The van der Waals surface area contributed by atoms with Gasteiger partial charge in [0.2, 0.25) is 0 Å². The van der Waals surface area contributed by atoms with E-state index in [4.69, 9.17) is 23.1 Å². The molecule has 0 radical (unpaired) electrons. The van der Waals surface area contributed by atoms with Crippen molar-refractivity contribution in [3.63, 3.8) is 0 Å². The van der Waals surface area contributed by atoms with Gasteiger partial charge in [-0.2, -0.15) is 8.42 Å². The molecule has 0 unspecified atom stereocenters. The summed E-state index contributed by atoms with van der Waals surface area (Å²) < 4.78 is 50.6. The fourth-order valence-corrected chi connectivity index (χ4v) is 10.3. The number of nitrogens with zero attached hydrogens (tertiary/aromatic N) is 4. The number of benzene rings is 6. The van der Waals surface area contributed by atoms with Crippen LogP contribution in [0.3, 0.4) is 0 Å². The number of ether oxygens (including phenoxy) is 4. The summed E-state index contributed by atoms with van der Waals surface area (Å²) in [4.78, 5) is 52.5. The second-order valence-corrected chi connectivity index (χ2v) is 19.6. The zero-order chi connectivity index (χ0) is 50.8. The Hall–Kier alpha value is -7.87. The number of carbonyl (C=O) groups excluding carboxylic acids is 2. The zero-order valence-electron chi connectivity index (χ0n) is 39.6. The molecule has 0 saturated carbocycles. The summed E-state index contributed by atoms with van der Waals surface area (Å²) in [7, 11) is -0.721. The highest BCUT2D eigenvalue weighted by atomic mass is 32.2. The van der Waals surface area contributed by atoms with Crippen molar-refractivity contribution in [3.05, 3.63) is 185 Å². The van der Waals surface area contributed by atoms with Gasteiger partial charge in [-0.15, -0.1) is 0 Å². The number of anilines is 2. The third-order valence-electron chi connectivity index (χ3n) is 13.2. The number of nitro benzene ring substituents is 2. The minimum absolute atomic E-state index is 0.0429. The summed E-state index contributed by atoms with van der Waals surface area (Å²) in [5, 5.41) is 32.1. The first-order valence-corrected chi connectivity index (χ1v) is 24.9. The van der Waals surface area contributed by atoms with E-state index in [1.54, 1.807) is 30.3 Å². The third kappa shape index (κ3) is 10.3. The van der Waals surface area contributed by atoms with Crippen LogP contribution in [0, 0.1) is 20.2 Å². The molecule has 6 aromatic carbocycles. The van der Waals surface area contributed by atoms with Gasteiger partial charge in [-0.25, -0.2) is 0 Å². The van der Waals surface area contributed by atoms with E-state index in [1.165, 1.54) is 49.6 Å². The number of rotatable bonds is 14. The highest BCUT2D eigenvalue weighted by Gasteiger charge is 2.39. The molecule has 19 heteroatoms. The minimum atomic E-state index is -3.72. The molecule has 0 fully saturated rings. The summed E-state index contributed by atoms with van der Waals surface area (Å²) in [6.07, 6.45) is 5.61. The lowest BCUT2D eigenvalue weighted by Gasteiger charge is -2.23. The van der Waals surface area contributed by atoms with Crippen molar-refractivity contribution in [2.45, 2.75) is 77.0 Å². The van der Waals surface area contributed by atoms with Crippen molar-refractivity contribution in [1.29, 1.82) is 0 Å². The first-order chi connectivity index (χ1) is 34.6. The highest BCUT2D eigenvalue weighted by Crippen LogP contribution is 2.43. The van der Waals surface area contributed by atoms with Gasteiger partial charge in [-0.3, -0.25) is 34.0 Å². The molecule has 4 heterocycles. The Morgan fingerprint density at radius 2 is 1.00 bits per heavy atom. The third-order valence-corrected chi connectivity index (χ3v) is 13.8. The van der Waals surface area contributed by atoms with Gasteiger partial charge in [0.1, 0.15) is 13.2 Å². The Morgan fingerprint density at radius 3 is 1.42 bits per heavy atom. The van der Waals surface area contributed by atoms with E-state index in [0.29, 0.717) is 62.8 Å². The number of amides is 2. The molecule has 0 aromatic heterocycles. The Labute approximate surface area is 414 Å². The van der Waals surface area contributed by atoms with E-state index in [0.717, 1.165) is 60.9 Å². The second kappa shape index (κ2) is 20.5. The van der Waals surface area contributed by atoms with Gasteiger partial charge in [0, 0.05) is 58.9 Å². The second-order valence-electron chi connectivity index (χ2n) is 18.0. The van der Waals surface area contributed by atoms with Gasteiger partial charge in [0.05, 0.1) is 43.5 Å². The van der Waals surface area contributed by atoms with Gasteiger partial charge in [0.15, 0.2) is 23.0 Å². The van der Waals surface area contributed by atoms with Crippen LogP contribution >= 0.6 is 0 Å². The molecule has 10 rings (SSSR count). The average Bonchev–Trinajstić information content (AvgIpc) is 3.87. The quantitative estimate of drug-likeness (QED) is 0.0615. The van der Waals surface area contributed by atoms with Gasteiger partial charge in [-0.1, -0.05) is 36.4 Å². The lowest BCUT2D eigenvalue weighted by Crippen LogP contribution is -2.36. The number of hydrogen-bond donors (Lipinski definition) is 1. The van der Waals surface area contributed by atoms with Crippen molar-refractivity contribution in [3.8, 4) is 23.0 Å². The molecule has 2 atom stereocenters. The SMILES string of the molecule is COc1cc2c(cc1OCc1cc(CO)cc([N+](=O)[O-])c1)CC[C@@H]1Cc3ccccc3N1C2=O.COc1cc2c(cc1OCc1cc(COS(C)(=O)=O)cc([N+](=O)[O-])c1)CC[C@@H]1Cc3ccccc3N1C2=O. The number of fused-ring (bicyclic) bond motifs is 8. The topological polar surface area (TPSA) is 227 Å². The monoisotopic (exact) mass is 998 g/mol. The standard InChI is InChI=1S/C27H26N2O8S.C26H24N2O6/c1-35-25-14-23-19(7-8-21-12-20-5-3-4-6-24(20)28(21)27(23)30)13-26(25)36-15-17-9-18(16-37-38(2,33)34)11-22(10-17)29(31)32;1-33-24-13-22-18(6-7-20-11-19-4-2-3-5-23(19)27(20)26(22)30)12-25(24)34-15-17-8-16(14-29)9-21(10-17)28(31)32/h3-6,9-11,13-14,21H,7-8,12,15-16H2,1-2H3;2-5,8-10,12-13,20,29H,6-7,11,14-15H2,1H3/t21-;20-/m11/s1. The van der Waals surface area contributed by atoms with Gasteiger partial charge in [0.25, 0.3) is 33.3 Å². The van der Waals surface area contributed by atoms with Crippen molar-refractivity contribution in [2.24, 2.45) is 0 Å². The summed E-state index contributed by atoms with van der Waals surface area (Å²) >= 11 is 0. The van der Waals surface area contributed by atoms with Crippen molar-refractivity contribution >= 4 is 44.7 Å². The number of nitro groups is 2. The molecule has 4 aliphatic heterocycles. The molecule has 0 spiro atoms. The van der Waals surface area contributed by atoms with E-state index < -0.39 is 20.0 Å². The van der Waals surface area contributed by atoms with Crippen molar-refractivity contribution in [2.75, 3.05) is 30.3 Å². The summed E-state index contributed by atoms with van der Waals surface area (Å²) in [5.74, 6) is 1.54. The number of carbonyl (C=O) groups is 2. The molecule has 72 heavy (non-hydrogen) atoms. The molecule has 4 aliphatic rings. The number of para-hydroxylation sites is 2. The van der Waals surface area contributed by atoms with E-state index in [9.17, 15) is 43.3 Å². The van der Waals surface area contributed by atoms with Gasteiger partial charge >= 0.3 is 0 Å². The van der Waals surface area contributed by atoms with E-state index in [-0.39, 0.29) is 61.7 Å². The summed E-state index contributed by atoms with van der Waals surface area (Å²) in [6, 6.07) is 31.8. The smallest absolute Gasteiger partial charge is 0.270 e. The maximum atomic E-state index is 13.6. The largest absolute Gasteiger partial charge is 0.493 e. The normalized spacial score (nSPS) is 16.3. The zero-order valence-corrected chi connectivity index (χ0v) is 40.4. The van der Waals surface area contributed by atoms with Crippen LogP contribution < -0.4 is 28.7 Å². The molecule has 6 aromatic rings. The molecule has 0 aliphatic carbocycles. The van der Waals surface area contributed by atoms with Crippen LogP contribution in [-0.4, -0.2) is 67.7 Å². The first kappa shape index (κ1) is 49.1. The number of aryl methyl sites for hydroxylation is 2. The van der Waals surface area contributed by atoms with Gasteiger partial charge in [-0.05, 0) is 132 Å². The highest BCUT2D eigenvalue weighted by molar-refractivity contribution is 7.85. The number of aliphatic hydroxyl groups excluding tert-OH is 1. The number of non-ortho nitro benzene ring substituents is 2. The van der Waals surface area contributed by atoms with E-state index in [1.807, 2.05) is 52.3 Å². The van der Waals surface area contributed by atoms with Crippen LogP contribution in [0.5, 0.6) is 23.0 Å². The van der Waals surface area contributed by atoms with Crippen LogP contribution in [0.4, 0.5) is 22.7 Å². The summed E-state index contributed by atoms with van der Waals surface area (Å²) in [6.45, 7) is -0.628. The minimum Gasteiger partial charge on any atom is -0.493 e. The van der Waals surface area contributed by atoms with E-state index in [2.05, 4.69) is 12.1 Å². The van der Waals surface area contributed by atoms with Gasteiger partial charge < -0.3 is 33.9 Å². The fourth-order valence-electron chi connectivity index (χ4n) is 9.93. The Bertz CT molecular complexity index is 3250. The molecule has 2 amide bonds. The maximum Gasteiger partial charge on any atom is 0.270 e. The lowest BCUT2D eigenvalue weighted by molar-refractivity contribution is -0.385. The van der Waals surface area contributed by atoms with Crippen LogP contribution in [-0.2, 0) is 66.4 Å². The predicted molar refractivity (Wildman–Crippen MR) is 265 cm³/mol. The Morgan fingerprint density at radius 1 is 0.583 bits per heavy atom. The van der Waals surface area contributed by atoms with Crippen LogP contribution in [0.1, 0.15) is 78.1 Å². The average molecular weight is 999 g/mol. The van der Waals surface area contributed by atoms with Crippen LogP contribution in [0.25, 0.3) is 0 Å². The Balaban J connectivity index is 0.000000179. The number of aliphatic hydroxyl groups is 1. The molecular formula is C53H50N4O14S. The molecule has 0 saturated heterocycles. The molecular weight excluding hydrogens is 949 g/mol. The molecule has 1 N–H and O–H groups in total. The van der Waals surface area contributed by atoms with Crippen LogP contribution in [0.15, 0.2) is 109 Å². The maximum absolute atomic E-state index is 13.6. The lowest BCUT2D eigenvalue weighted by atomic mass is 9.99. The van der Waals surface area contributed by atoms with Crippen molar-refractivity contribution < 1.29 is 56.1 Å². The van der Waals surface area contributed by atoms with E-state index >= 15 is 0 Å². The number of methoxy groups -OCH3 is 2. The molecule has 18 nitrogen and oxygen atoms in total. The number of hydrogen-bond acceptors (Lipinski definition) is 14. The fraction of sp³-hybridized carbons (Fsp3) is 0.283. The molecule has 372 valence electrons.